The number of carbonyl (C=O) groups excluding carboxylic acids is 3. The van der Waals surface area contributed by atoms with E-state index in [0.29, 0.717) is 19.3 Å². The van der Waals surface area contributed by atoms with Gasteiger partial charge in [0.25, 0.3) is 0 Å². The number of hydrogen-bond acceptors (Lipinski definition) is 6. The maximum Gasteiger partial charge on any atom is 0.306 e. The monoisotopic (exact) mass is 783 g/mol. The van der Waals surface area contributed by atoms with Crippen LogP contribution < -0.4 is 0 Å². The van der Waals surface area contributed by atoms with Crippen molar-refractivity contribution in [3.8, 4) is 0 Å². The summed E-state index contributed by atoms with van der Waals surface area (Å²) in [6.07, 6.45) is 53.4. The van der Waals surface area contributed by atoms with Gasteiger partial charge >= 0.3 is 17.9 Å². The molecule has 56 heavy (non-hydrogen) atoms. The molecule has 0 saturated carbocycles. The van der Waals surface area contributed by atoms with Crippen molar-refractivity contribution in [1.29, 1.82) is 0 Å². The zero-order valence-electron chi connectivity index (χ0n) is 36.6. The van der Waals surface area contributed by atoms with Gasteiger partial charge in [-0.1, -0.05) is 184 Å². The molecule has 0 aromatic heterocycles. The van der Waals surface area contributed by atoms with Crippen molar-refractivity contribution >= 4 is 17.9 Å². The molecule has 0 spiro atoms. The van der Waals surface area contributed by atoms with Crippen LogP contribution in [0.4, 0.5) is 0 Å². The number of carbonyl (C=O) groups is 3. The Morgan fingerprint density at radius 2 is 0.696 bits per heavy atom. The molecule has 0 rings (SSSR count). The fourth-order valence-corrected chi connectivity index (χ4v) is 6.32. The lowest BCUT2D eigenvalue weighted by Crippen LogP contribution is -2.30. The second-order valence-electron chi connectivity index (χ2n) is 15.3. The smallest absolute Gasteiger partial charge is 0.306 e. The normalized spacial score (nSPS) is 12.6. The van der Waals surface area contributed by atoms with Gasteiger partial charge in [0, 0.05) is 19.3 Å². The number of rotatable bonds is 41. The Morgan fingerprint density at radius 3 is 1.09 bits per heavy atom. The summed E-state index contributed by atoms with van der Waals surface area (Å²) in [5.41, 5.74) is 0. The van der Waals surface area contributed by atoms with Crippen LogP contribution in [0.1, 0.15) is 220 Å². The minimum absolute atomic E-state index is 0.0839. The van der Waals surface area contributed by atoms with Gasteiger partial charge in [-0.05, 0) is 77.0 Å². The molecule has 1 unspecified atom stereocenters. The lowest BCUT2D eigenvalue weighted by Gasteiger charge is -2.18. The highest BCUT2D eigenvalue weighted by molar-refractivity contribution is 5.71. The molecule has 0 aliphatic carbocycles. The Bertz CT molecular complexity index is 1040. The summed E-state index contributed by atoms with van der Waals surface area (Å²) in [5.74, 6) is -0.918. The molecule has 0 heterocycles. The minimum atomic E-state index is -0.783. The van der Waals surface area contributed by atoms with Crippen LogP contribution in [0.25, 0.3) is 0 Å². The maximum atomic E-state index is 12.7. The first-order valence-corrected chi connectivity index (χ1v) is 23.3. The van der Waals surface area contributed by atoms with Crippen molar-refractivity contribution in [3.05, 3.63) is 60.8 Å². The zero-order valence-corrected chi connectivity index (χ0v) is 36.6. The number of allylic oxidation sites excluding steroid dienone is 10. The summed E-state index contributed by atoms with van der Waals surface area (Å²) >= 11 is 0. The van der Waals surface area contributed by atoms with Gasteiger partial charge in [0.1, 0.15) is 13.2 Å². The van der Waals surface area contributed by atoms with Crippen LogP contribution in [-0.4, -0.2) is 37.2 Å². The van der Waals surface area contributed by atoms with Crippen LogP contribution >= 0.6 is 0 Å². The zero-order chi connectivity index (χ0) is 40.8. The molecule has 0 aliphatic rings. The molecular formula is C50H86O6. The van der Waals surface area contributed by atoms with E-state index < -0.39 is 6.10 Å². The Balaban J connectivity index is 4.41. The summed E-state index contributed by atoms with van der Waals surface area (Å²) in [6.45, 7) is 6.37. The summed E-state index contributed by atoms with van der Waals surface area (Å²) in [6, 6.07) is 0. The number of esters is 3. The minimum Gasteiger partial charge on any atom is -0.462 e. The summed E-state index contributed by atoms with van der Waals surface area (Å²) in [5, 5.41) is 0. The standard InChI is InChI=1S/C50H86O6/c1-4-7-10-13-16-19-22-24-26-28-31-34-37-40-43-49(52)55-46-47(45-54-48(51)42-39-36-33-30-21-18-15-12-9-6-3)56-50(53)44-41-38-35-32-29-27-25-23-20-17-14-11-8-5-2/h7-8,10-11,16-17,19-20,24,26,47H,4-6,9,12-15,18,21-23,25,27-46H2,1-3H3/b10-7-,11-8-,19-16-,20-17-,26-24-. The number of ether oxygens (including phenoxy) is 3. The Kier molecular flexibility index (Phi) is 42.5. The average Bonchev–Trinajstić information content (AvgIpc) is 3.19. The molecule has 0 fully saturated rings. The van der Waals surface area contributed by atoms with E-state index >= 15 is 0 Å². The predicted molar refractivity (Wildman–Crippen MR) is 238 cm³/mol. The SMILES string of the molecule is CC/C=C\C/C=C\C/C=C\CCCCCCC(=O)OCC(COC(=O)CCCCCCCCCCCC)OC(=O)CCCCCCCCC/C=C\C/C=C\CC. The van der Waals surface area contributed by atoms with Crippen molar-refractivity contribution in [2.75, 3.05) is 13.2 Å². The van der Waals surface area contributed by atoms with Gasteiger partial charge in [0.2, 0.25) is 0 Å². The van der Waals surface area contributed by atoms with E-state index in [1.54, 1.807) is 0 Å². The molecule has 0 aromatic rings. The Morgan fingerprint density at radius 1 is 0.375 bits per heavy atom. The van der Waals surface area contributed by atoms with Gasteiger partial charge in [-0.3, -0.25) is 14.4 Å². The maximum absolute atomic E-state index is 12.7. The first kappa shape index (κ1) is 53.1. The Hall–Kier alpha value is -2.89. The molecule has 6 heteroatoms. The van der Waals surface area contributed by atoms with Crippen LogP contribution in [0.15, 0.2) is 60.8 Å². The molecule has 0 radical (unpaired) electrons. The molecular weight excluding hydrogens is 697 g/mol. The van der Waals surface area contributed by atoms with Gasteiger partial charge in [0.15, 0.2) is 6.10 Å². The fraction of sp³-hybridized carbons (Fsp3) is 0.740. The molecule has 0 saturated heterocycles. The average molecular weight is 783 g/mol. The van der Waals surface area contributed by atoms with Crippen LogP contribution in [0.5, 0.6) is 0 Å². The van der Waals surface area contributed by atoms with Crippen LogP contribution in [0.2, 0.25) is 0 Å². The second-order valence-corrected chi connectivity index (χ2v) is 15.3. The van der Waals surface area contributed by atoms with Crippen molar-refractivity contribution in [2.24, 2.45) is 0 Å². The van der Waals surface area contributed by atoms with Crippen molar-refractivity contribution in [1.82, 2.24) is 0 Å². The van der Waals surface area contributed by atoms with Crippen LogP contribution in [0, 0.1) is 0 Å². The van der Waals surface area contributed by atoms with Gasteiger partial charge in [-0.2, -0.15) is 0 Å². The highest BCUT2D eigenvalue weighted by atomic mass is 16.6. The molecule has 0 N–H and O–H groups in total. The topological polar surface area (TPSA) is 78.9 Å². The number of hydrogen-bond donors (Lipinski definition) is 0. The van der Waals surface area contributed by atoms with E-state index in [0.717, 1.165) is 109 Å². The number of unbranched alkanes of at least 4 members (excludes halogenated alkanes) is 20. The van der Waals surface area contributed by atoms with Crippen LogP contribution in [-0.2, 0) is 28.6 Å². The quantitative estimate of drug-likeness (QED) is 0.0266. The second kappa shape index (κ2) is 44.8. The first-order valence-electron chi connectivity index (χ1n) is 23.3. The van der Waals surface area contributed by atoms with E-state index in [4.69, 9.17) is 14.2 Å². The molecule has 0 aromatic carbocycles. The molecule has 6 nitrogen and oxygen atoms in total. The lowest BCUT2D eigenvalue weighted by atomic mass is 10.1. The largest absolute Gasteiger partial charge is 0.462 e. The van der Waals surface area contributed by atoms with Crippen LogP contribution in [0.3, 0.4) is 0 Å². The third-order valence-electron chi connectivity index (χ3n) is 9.77. The van der Waals surface area contributed by atoms with E-state index in [9.17, 15) is 14.4 Å². The van der Waals surface area contributed by atoms with E-state index in [1.807, 2.05) is 0 Å². The highest BCUT2D eigenvalue weighted by Crippen LogP contribution is 2.14. The van der Waals surface area contributed by atoms with E-state index in [1.165, 1.54) is 70.6 Å². The van der Waals surface area contributed by atoms with Gasteiger partial charge < -0.3 is 14.2 Å². The van der Waals surface area contributed by atoms with Gasteiger partial charge in [-0.25, -0.2) is 0 Å². The summed E-state index contributed by atoms with van der Waals surface area (Å²) in [4.78, 5) is 37.8. The van der Waals surface area contributed by atoms with Crippen molar-refractivity contribution < 1.29 is 28.6 Å². The molecule has 0 amide bonds. The van der Waals surface area contributed by atoms with E-state index in [-0.39, 0.29) is 31.1 Å². The molecule has 322 valence electrons. The third kappa shape index (κ3) is 42.3. The predicted octanol–water partition coefficient (Wildman–Crippen LogP) is 14.9. The third-order valence-corrected chi connectivity index (χ3v) is 9.77. The molecule has 0 aliphatic heterocycles. The van der Waals surface area contributed by atoms with Gasteiger partial charge in [0.05, 0.1) is 0 Å². The molecule has 1 atom stereocenters. The van der Waals surface area contributed by atoms with Gasteiger partial charge in [-0.15, -0.1) is 0 Å². The lowest BCUT2D eigenvalue weighted by molar-refractivity contribution is -0.167. The fourth-order valence-electron chi connectivity index (χ4n) is 6.32. The Labute approximate surface area is 345 Å². The summed E-state index contributed by atoms with van der Waals surface area (Å²) in [7, 11) is 0. The van der Waals surface area contributed by atoms with Crippen molar-refractivity contribution in [3.63, 3.8) is 0 Å². The molecule has 0 bridgehead atoms. The van der Waals surface area contributed by atoms with E-state index in [2.05, 4.69) is 81.5 Å². The summed E-state index contributed by atoms with van der Waals surface area (Å²) < 4.78 is 16.7. The first-order chi connectivity index (χ1) is 27.5. The van der Waals surface area contributed by atoms with Crippen molar-refractivity contribution in [2.45, 2.75) is 226 Å². The highest BCUT2D eigenvalue weighted by Gasteiger charge is 2.19.